The molecule has 8 rings (SSSR count). The number of amides is 3. The molecule has 3 aliphatic rings. The van der Waals surface area contributed by atoms with Crippen molar-refractivity contribution in [3.05, 3.63) is 95.3 Å². The van der Waals surface area contributed by atoms with E-state index in [-0.39, 0.29) is 41.1 Å². The second kappa shape index (κ2) is 14.5. The van der Waals surface area contributed by atoms with Crippen LogP contribution in [0.1, 0.15) is 84.7 Å². The van der Waals surface area contributed by atoms with Crippen LogP contribution in [-0.4, -0.2) is 93.6 Å². The minimum atomic E-state index is -0.259. The predicted molar refractivity (Wildman–Crippen MR) is 210 cm³/mol. The molecular weight excluding hydrogens is 679 g/mol. The van der Waals surface area contributed by atoms with Gasteiger partial charge < -0.3 is 20.0 Å². The van der Waals surface area contributed by atoms with E-state index < -0.39 is 0 Å². The van der Waals surface area contributed by atoms with E-state index in [1.165, 1.54) is 5.69 Å². The fourth-order valence-corrected chi connectivity index (χ4v) is 8.98. The quantitative estimate of drug-likeness (QED) is 0.193. The maximum atomic E-state index is 13.7. The standard InChI is InChI=1S/C42H49N9O3/c1-27(43-38-34-7-5-6-8-35(34)39-46-45-28(2)51(39)47-38)37(48(3)4)30-9-11-31(12-10-30)41(54)50-25-21-42(22-26-50)19-23-49(24-20-42)32-15-13-29(14-16-32)33-17-18-36(52)44-40(33)53/h5-16,27,33,37H,17-26H2,1-4H3,(H,43,47)(H,44,52,53)/t27-,33?,37+/m0/s1. The zero-order valence-electron chi connectivity index (χ0n) is 31.6. The van der Waals surface area contributed by atoms with Crippen LogP contribution in [0.4, 0.5) is 11.5 Å². The number of hydrogen-bond donors (Lipinski definition) is 2. The Labute approximate surface area is 315 Å². The molecule has 0 bridgehead atoms. The molecule has 0 saturated carbocycles. The molecule has 12 heteroatoms. The number of aryl methyl sites for hydroxylation is 1. The number of carbonyl (C=O) groups is 3. The van der Waals surface area contributed by atoms with Gasteiger partial charge in [-0.1, -0.05) is 48.5 Å². The number of aromatic nitrogens is 4. The molecule has 3 aromatic carbocycles. The Morgan fingerprint density at radius 1 is 0.889 bits per heavy atom. The van der Waals surface area contributed by atoms with Crippen molar-refractivity contribution < 1.29 is 14.4 Å². The van der Waals surface area contributed by atoms with Gasteiger partial charge in [-0.05, 0) is 101 Å². The van der Waals surface area contributed by atoms with Gasteiger partial charge in [0.2, 0.25) is 11.8 Å². The summed E-state index contributed by atoms with van der Waals surface area (Å²) in [5.41, 5.74) is 5.00. The van der Waals surface area contributed by atoms with Crippen molar-refractivity contribution in [2.45, 2.75) is 70.4 Å². The molecule has 280 valence electrons. The number of likely N-dealkylation sites (N-methyl/N-ethyl adjacent to an activating group) is 1. The minimum Gasteiger partial charge on any atom is -0.371 e. The van der Waals surface area contributed by atoms with Crippen LogP contribution >= 0.6 is 0 Å². The maximum absolute atomic E-state index is 13.7. The average Bonchev–Trinajstić information content (AvgIpc) is 3.55. The Bertz CT molecular complexity index is 2180. The van der Waals surface area contributed by atoms with Gasteiger partial charge in [-0.25, -0.2) is 0 Å². The number of piperidine rings is 3. The molecule has 1 spiro atoms. The summed E-state index contributed by atoms with van der Waals surface area (Å²) in [6.07, 6.45) is 5.21. The van der Waals surface area contributed by atoms with E-state index in [9.17, 15) is 14.4 Å². The van der Waals surface area contributed by atoms with Crippen LogP contribution in [0.15, 0.2) is 72.8 Å². The lowest BCUT2D eigenvalue weighted by Crippen LogP contribution is -2.48. The number of nitrogens with one attached hydrogen (secondary N) is 2. The van der Waals surface area contributed by atoms with Crippen molar-refractivity contribution in [1.82, 2.24) is 34.9 Å². The van der Waals surface area contributed by atoms with Crippen LogP contribution in [0.3, 0.4) is 0 Å². The van der Waals surface area contributed by atoms with Gasteiger partial charge in [-0.15, -0.1) is 15.3 Å². The molecule has 1 unspecified atom stereocenters. The Balaban J connectivity index is 0.872. The number of benzene rings is 3. The lowest BCUT2D eigenvalue weighted by atomic mass is 9.71. The molecule has 3 fully saturated rings. The number of anilines is 2. The van der Waals surface area contributed by atoms with Crippen molar-refractivity contribution in [2.75, 3.05) is 50.5 Å². The highest BCUT2D eigenvalue weighted by Gasteiger charge is 2.39. The molecule has 5 heterocycles. The highest BCUT2D eigenvalue weighted by Crippen LogP contribution is 2.43. The van der Waals surface area contributed by atoms with Crippen molar-refractivity contribution in [2.24, 2.45) is 5.41 Å². The largest absolute Gasteiger partial charge is 0.371 e. The van der Waals surface area contributed by atoms with E-state index in [4.69, 9.17) is 5.10 Å². The summed E-state index contributed by atoms with van der Waals surface area (Å²) in [7, 11) is 4.16. The fraction of sp³-hybridized carbons (Fsp3) is 0.429. The molecule has 54 heavy (non-hydrogen) atoms. The van der Waals surface area contributed by atoms with Crippen LogP contribution < -0.4 is 15.5 Å². The predicted octanol–water partition coefficient (Wildman–Crippen LogP) is 5.73. The summed E-state index contributed by atoms with van der Waals surface area (Å²) < 4.78 is 1.79. The van der Waals surface area contributed by atoms with E-state index in [0.29, 0.717) is 12.8 Å². The van der Waals surface area contributed by atoms with E-state index in [2.05, 4.69) is 88.0 Å². The highest BCUT2D eigenvalue weighted by atomic mass is 16.2. The van der Waals surface area contributed by atoms with Crippen molar-refractivity contribution in [1.29, 1.82) is 0 Å². The smallest absolute Gasteiger partial charge is 0.253 e. The Hall–Kier alpha value is -5.36. The van der Waals surface area contributed by atoms with Crippen LogP contribution in [0.25, 0.3) is 16.4 Å². The van der Waals surface area contributed by atoms with Gasteiger partial charge in [0, 0.05) is 60.7 Å². The number of fused-ring (bicyclic) bond motifs is 3. The lowest BCUT2D eigenvalue weighted by molar-refractivity contribution is -0.134. The van der Waals surface area contributed by atoms with Gasteiger partial charge in [0.1, 0.15) is 0 Å². The molecule has 3 saturated heterocycles. The second-order valence-corrected chi connectivity index (χ2v) is 15.7. The number of carbonyl (C=O) groups excluding carboxylic acids is 3. The molecule has 3 amide bonds. The van der Waals surface area contributed by atoms with E-state index in [0.717, 1.165) is 96.6 Å². The van der Waals surface area contributed by atoms with Crippen molar-refractivity contribution in [3.8, 4) is 0 Å². The summed E-state index contributed by atoms with van der Waals surface area (Å²) in [5, 5.41) is 21.6. The number of hydrogen-bond acceptors (Lipinski definition) is 9. The van der Waals surface area contributed by atoms with Gasteiger partial charge in [-0.3, -0.25) is 19.7 Å². The number of likely N-dealkylation sites (tertiary alicyclic amines) is 1. The summed E-state index contributed by atoms with van der Waals surface area (Å²) in [6, 6.07) is 24.6. The SMILES string of the molecule is Cc1nnc2c3ccccc3c(N[C@@H](C)[C@H](c3ccc(C(=O)N4CCC5(CC4)CCN(c4ccc(C6CCC(=O)NC6=O)cc4)CC5)cc3)N(C)C)nn12. The van der Waals surface area contributed by atoms with E-state index in [1.54, 1.807) is 4.52 Å². The summed E-state index contributed by atoms with van der Waals surface area (Å²) >= 11 is 0. The highest BCUT2D eigenvalue weighted by molar-refractivity contribution is 6.01. The number of imide groups is 1. The molecule has 0 radical (unpaired) electrons. The fourth-order valence-electron chi connectivity index (χ4n) is 8.98. The monoisotopic (exact) mass is 727 g/mol. The first-order chi connectivity index (χ1) is 26.1. The third-order valence-electron chi connectivity index (χ3n) is 12.1. The van der Waals surface area contributed by atoms with E-state index in [1.807, 2.05) is 48.2 Å². The third-order valence-corrected chi connectivity index (χ3v) is 12.1. The lowest BCUT2D eigenvalue weighted by Gasteiger charge is -2.47. The molecule has 2 N–H and O–H groups in total. The van der Waals surface area contributed by atoms with Crippen LogP contribution in [0, 0.1) is 12.3 Å². The van der Waals surface area contributed by atoms with Crippen LogP contribution in [-0.2, 0) is 9.59 Å². The van der Waals surface area contributed by atoms with Gasteiger partial charge in [-0.2, -0.15) is 4.52 Å². The van der Waals surface area contributed by atoms with Gasteiger partial charge in [0.15, 0.2) is 17.3 Å². The first kappa shape index (κ1) is 35.7. The molecular formula is C42H49N9O3. The summed E-state index contributed by atoms with van der Waals surface area (Å²) in [6.45, 7) is 7.59. The second-order valence-electron chi connectivity index (χ2n) is 15.7. The zero-order valence-corrected chi connectivity index (χ0v) is 31.6. The molecule has 3 aliphatic heterocycles. The number of nitrogens with zero attached hydrogens (tertiary/aromatic N) is 7. The topological polar surface area (TPSA) is 128 Å². The summed E-state index contributed by atoms with van der Waals surface area (Å²) in [4.78, 5) is 44.3. The Morgan fingerprint density at radius 3 is 2.22 bits per heavy atom. The number of rotatable bonds is 8. The van der Waals surface area contributed by atoms with E-state index >= 15 is 0 Å². The van der Waals surface area contributed by atoms with Crippen molar-refractivity contribution >= 4 is 45.6 Å². The normalized spacial score (nSPS) is 20.1. The minimum absolute atomic E-state index is 0.00593. The molecule has 0 aliphatic carbocycles. The molecule has 12 nitrogen and oxygen atoms in total. The van der Waals surface area contributed by atoms with Gasteiger partial charge in [0.05, 0.1) is 12.0 Å². The first-order valence-corrected chi connectivity index (χ1v) is 19.2. The summed E-state index contributed by atoms with van der Waals surface area (Å²) in [5.74, 6) is 0.975. The zero-order chi connectivity index (χ0) is 37.6. The average molecular weight is 728 g/mol. The Kier molecular flexibility index (Phi) is 9.55. The third kappa shape index (κ3) is 6.79. The Morgan fingerprint density at radius 2 is 1.56 bits per heavy atom. The molecule has 3 atom stereocenters. The van der Waals surface area contributed by atoms with Crippen LogP contribution in [0.5, 0.6) is 0 Å². The molecule has 5 aromatic rings. The van der Waals surface area contributed by atoms with Crippen LogP contribution in [0.2, 0.25) is 0 Å². The van der Waals surface area contributed by atoms with Gasteiger partial charge >= 0.3 is 0 Å². The first-order valence-electron chi connectivity index (χ1n) is 19.2. The van der Waals surface area contributed by atoms with Crippen molar-refractivity contribution in [3.63, 3.8) is 0 Å². The maximum Gasteiger partial charge on any atom is 0.253 e. The van der Waals surface area contributed by atoms with Gasteiger partial charge in [0.25, 0.3) is 5.91 Å². The molecule has 2 aromatic heterocycles.